The highest BCUT2D eigenvalue weighted by atomic mass is 16.5. The molecule has 0 unspecified atom stereocenters. The Labute approximate surface area is 176 Å². The number of benzene rings is 2. The molecule has 0 saturated heterocycles. The second kappa shape index (κ2) is 8.34. The zero-order valence-corrected chi connectivity index (χ0v) is 17.0. The molecule has 1 amide bonds. The first-order valence-corrected chi connectivity index (χ1v) is 10.8. The van der Waals surface area contributed by atoms with Crippen LogP contribution in [0.2, 0.25) is 0 Å². The van der Waals surface area contributed by atoms with Crippen molar-refractivity contribution in [2.24, 2.45) is 5.92 Å². The van der Waals surface area contributed by atoms with E-state index in [0.717, 1.165) is 42.2 Å². The van der Waals surface area contributed by atoms with Crippen molar-refractivity contribution in [1.82, 2.24) is 10.1 Å². The minimum Gasteiger partial charge on any atom is -0.493 e. The van der Waals surface area contributed by atoms with E-state index < -0.39 is 0 Å². The van der Waals surface area contributed by atoms with Crippen molar-refractivity contribution in [2.75, 3.05) is 6.61 Å². The van der Waals surface area contributed by atoms with E-state index in [-0.39, 0.29) is 11.9 Å². The van der Waals surface area contributed by atoms with Gasteiger partial charge in [0.2, 0.25) is 5.76 Å². The highest BCUT2D eigenvalue weighted by molar-refractivity contribution is 5.92. The molecule has 0 bridgehead atoms. The van der Waals surface area contributed by atoms with Gasteiger partial charge in [0.1, 0.15) is 11.4 Å². The molecule has 5 nitrogen and oxygen atoms in total. The van der Waals surface area contributed by atoms with E-state index in [2.05, 4.69) is 17.3 Å². The normalized spacial score (nSPS) is 16.1. The summed E-state index contributed by atoms with van der Waals surface area (Å²) in [5.41, 5.74) is 2.72. The quantitative estimate of drug-likeness (QED) is 0.511. The molecule has 5 heteroatoms. The third-order valence-electron chi connectivity index (χ3n) is 6.03. The summed E-state index contributed by atoms with van der Waals surface area (Å²) in [6, 6.07) is 19.9. The molecule has 3 aromatic rings. The number of hydrogen-bond donors (Lipinski definition) is 0. The molecule has 30 heavy (non-hydrogen) atoms. The van der Waals surface area contributed by atoms with Crippen molar-refractivity contribution >= 4 is 5.91 Å². The number of amides is 1. The summed E-state index contributed by atoms with van der Waals surface area (Å²) >= 11 is 0. The maximum absolute atomic E-state index is 13.1. The van der Waals surface area contributed by atoms with Crippen molar-refractivity contribution in [1.29, 1.82) is 0 Å². The van der Waals surface area contributed by atoms with Crippen molar-refractivity contribution in [3.63, 3.8) is 0 Å². The van der Waals surface area contributed by atoms with Gasteiger partial charge in [-0.05, 0) is 49.3 Å². The van der Waals surface area contributed by atoms with Gasteiger partial charge in [0.05, 0.1) is 6.61 Å². The average Bonchev–Trinajstić information content (AvgIpc) is 3.47. The highest BCUT2D eigenvalue weighted by Gasteiger charge is 2.34. The average molecular weight is 402 g/mol. The van der Waals surface area contributed by atoms with Crippen LogP contribution >= 0.6 is 0 Å². The molecule has 0 spiro atoms. The van der Waals surface area contributed by atoms with Gasteiger partial charge in [0.25, 0.3) is 5.91 Å². The summed E-state index contributed by atoms with van der Waals surface area (Å²) in [6.07, 6.45) is 5.96. The predicted molar refractivity (Wildman–Crippen MR) is 114 cm³/mol. The van der Waals surface area contributed by atoms with Gasteiger partial charge in [-0.25, -0.2) is 0 Å². The molecular weight excluding hydrogens is 376 g/mol. The van der Waals surface area contributed by atoms with Crippen LogP contribution in [0.25, 0.3) is 11.3 Å². The molecule has 1 aromatic heterocycles. The molecule has 2 aromatic carbocycles. The van der Waals surface area contributed by atoms with Gasteiger partial charge in [-0.15, -0.1) is 0 Å². The zero-order chi connectivity index (χ0) is 20.3. The molecule has 0 N–H and O–H groups in total. The van der Waals surface area contributed by atoms with Crippen LogP contribution in [0.5, 0.6) is 5.75 Å². The summed E-state index contributed by atoms with van der Waals surface area (Å²) < 4.78 is 11.3. The van der Waals surface area contributed by atoms with Gasteiger partial charge >= 0.3 is 0 Å². The van der Waals surface area contributed by atoms with E-state index in [4.69, 9.17) is 9.26 Å². The summed E-state index contributed by atoms with van der Waals surface area (Å²) in [6.45, 7) is 1.37. The number of carbonyl (C=O) groups is 1. The first-order valence-electron chi connectivity index (χ1n) is 10.8. The van der Waals surface area contributed by atoms with Crippen LogP contribution in [0.3, 0.4) is 0 Å². The largest absolute Gasteiger partial charge is 0.493 e. The second-order valence-corrected chi connectivity index (χ2v) is 8.36. The molecule has 0 aliphatic heterocycles. The van der Waals surface area contributed by atoms with Gasteiger partial charge in [-0.3, -0.25) is 4.79 Å². The number of rotatable bonds is 8. The number of ether oxygens (including phenoxy) is 1. The third kappa shape index (κ3) is 4.25. The van der Waals surface area contributed by atoms with Crippen LogP contribution in [0.1, 0.15) is 48.2 Å². The number of nitrogens with zero attached hydrogens (tertiary/aromatic N) is 2. The fourth-order valence-corrected chi connectivity index (χ4v) is 3.78. The van der Waals surface area contributed by atoms with E-state index in [0.29, 0.717) is 18.0 Å². The molecule has 5 rings (SSSR count). The van der Waals surface area contributed by atoms with Gasteiger partial charge in [0.15, 0.2) is 0 Å². The maximum Gasteiger partial charge on any atom is 0.293 e. The summed E-state index contributed by atoms with van der Waals surface area (Å²) in [5, 5.41) is 4.10. The van der Waals surface area contributed by atoms with Gasteiger partial charge in [-0.2, -0.15) is 0 Å². The Morgan fingerprint density at radius 3 is 2.47 bits per heavy atom. The summed E-state index contributed by atoms with van der Waals surface area (Å²) in [4.78, 5) is 15.0. The Morgan fingerprint density at radius 1 is 1.03 bits per heavy atom. The fraction of sp³-hybridized carbons (Fsp3) is 0.360. The van der Waals surface area contributed by atoms with Crippen molar-refractivity contribution in [3.05, 3.63) is 72.0 Å². The Bertz CT molecular complexity index is 989. The monoisotopic (exact) mass is 402 g/mol. The molecule has 0 radical (unpaired) electrons. The standard InChI is InChI=1S/C25H26N2O3/c28-25(24-15-23(26-30-24)20-7-2-1-3-8-20)27(21-11-12-21)16-18-9-13-22(14-10-18)29-17-19-5-4-6-19/h1-3,7-10,13-15,19,21H,4-6,11-12,16-17H2. The zero-order valence-electron chi connectivity index (χ0n) is 17.0. The number of aromatic nitrogens is 1. The lowest BCUT2D eigenvalue weighted by molar-refractivity contribution is 0.0687. The summed E-state index contributed by atoms with van der Waals surface area (Å²) in [5.74, 6) is 1.81. The third-order valence-corrected chi connectivity index (χ3v) is 6.03. The lowest BCUT2D eigenvalue weighted by atomic mass is 9.86. The first kappa shape index (κ1) is 18.9. The molecule has 0 atom stereocenters. The molecule has 2 saturated carbocycles. The smallest absolute Gasteiger partial charge is 0.293 e. The van der Waals surface area contributed by atoms with E-state index in [1.807, 2.05) is 47.4 Å². The lowest BCUT2D eigenvalue weighted by Crippen LogP contribution is -2.32. The highest BCUT2D eigenvalue weighted by Crippen LogP contribution is 2.31. The van der Waals surface area contributed by atoms with Crippen molar-refractivity contribution < 1.29 is 14.1 Å². The lowest BCUT2D eigenvalue weighted by Gasteiger charge is -2.25. The predicted octanol–water partition coefficient (Wildman–Crippen LogP) is 5.33. The van der Waals surface area contributed by atoms with E-state index in [1.54, 1.807) is 6.07 Å². The topological polar surface area (TPSA) is 55.6 Å². The van der Waals surface area contributed by atoms with Crippen LogP contribution in [0.15, 0.2) is 65.2 Å². The molecule has 2 fully saturated rings. The molecule has 1 heterocycles. The summed E-state index contributed by atoms with van der Waals surface area (Å²) in [7, 11) is 0. The van der Waals surface area contributed by atoms with Crippen LogP contribution < -0.4 is 4.74 Å². The Hall–Kier alpha value is -3.08. The molecule has 2 aliphatic rings. The number of hydrogen-bond acceptors (Lipinski definition) is 4. The Balaban J connectivity index is 1.25. The molecule has 2 aliphatic carbocycles. The van der Waals surface area contributed by atoms with Crippen molar-refractivity contribution in [2.45, 2.75) is 44.7 Å². The SMILES string of the molecule is O=C(c1cc(-c2ccccc2)no1)N(Cc1ccc(OCC2CCC2)cc1)C1CC1. The minimum absolute atomic E-state index is 0.0995. The molecule has 154 valence electrons. The maximum atomic E-state index is 13.1. The van der Waals surface area contributed by atoms with Crippen LogP contribution in [-0.2, 0) is 6.54 Å². The molecular formula is C25H26N2O3. The Kier molecular flexibility index (Phi) is 5.26. The van der Waals surface area contributed by atoms with Crippen LogP contribution in [0, 0.1) is 5.92 Å². The van der Waals surface area contributed by atoms with Gasteiger partial charge < -0.3 is 14.2 Å². The van der Waals surface area contributed by atoms with E-state index >= 15 is 0 Å². The van der Waals surface area contributed by atoms with E-state index in [9.17, 15) is 4.79 Å². The Morgan fingerprint density at radius 2 is 1.80 bits per heavy atom. The van der Waals surface area contributed by atoms with E-state index in [1.165, 1.54) is 19.3 Å². The van der Waals surface area contributed by atoms with Crippen LogP contribution in [-0.4, -0.2) is 28.6 Å². The van der Waals surface area contributed by atoms with Gasteiger partial charge in [0, 0.05) is 24.2 Å². The van der Waals surface area contributed by atoms with Crippen LogP contribution in [0.4, 0.5) is 0 Å². The minimum atomic E-state index is -0.0995. The number of carbonyl (C=O) groups excluding carboxylic acids is 1. The first-order chi connectivity index (χ1) is 14.8. The van der Waals surface area contributed by atoms with Gasteiger partial charge in [-0.1, -0.05) is 54.0 Å². The second-order valence-electron chi connectivity index (χ2n) is 8.36. The van der Waals surface area contributed by atoms with Crippen molar-refractivity contribution in [3.8, 4) is 17.0 Å². The fourth-order valence-electron chi connectivity index (χ4n) is 3.78.